The molecule has 0 saturated heterocycles. The van der Waals surface area contributed by atoms with Gasteiger partial charge in [-0.2, -0.15) is 5.21 Å². The molecule has 0 aliphatic carbocycles. The molecule has 0 spiro atoms. The first kappa shape index (κ1) is 25.8. The van der Waals surface area contributed by atoms with E-state index in [1.165, 1.54) is 4.57 Å². The van der Waals surface area contributed by atoms with Crippen LogP contribution in [0.1, 0.15) is 60.3 Å². The van der Waals surface area contributed by atoms with Crippen LogP contribution in [0, 0.1) is 0 Å². The van der Waals surface area contributed by atoms with E-state index in [4.69, 9.17) is 0 Å². The molecule has 0 aliphatic heterocycles. The quantitative estimate of drug-likeness (QED) is 0.271. The molecule has 2 heterocycles. The van der Waals surface area contributed by atoms with Crippen LogP contribution in [0.2, 0.25) is 0 Å². The third-order valence-corrected chi connectivity index (χ3v) is 6.85. The van der Waals surface area contributed by atoms with E-state index in [-0.39, 0.29) is 17.2 Å². The van der Waals surface area contributed by atoms with Crippen molar-refractivity contribution in [2.75, 3.05) is 0 Å². The molecule has 39 heavy (non-hydrogen) atoms. The number of aromatic nitrogens is 6. The summed E-state index contributed by atoms with van der Waals surface area (Å²) in [5.41, 5.74) is 5.80. The van der Waals surface area contributed by atoms with E-state index in [1.54, 1.807) is 22.9 Å². The van der Waals surface area contributed by atoms with Gasteiger partial charge in [0, 0.05) is 17.5 Å². The smallest absolute Gasteiger partial charge is 0.337 e. The summed E-state index contributed by atoms with van der Waals surface area (Å²) in [4.78, 5) is 25.9. The van der Waals surface area contributed by atoms with E-state index in [0.29, 0.717) is 24.5 Å². The molecule has 2 N–H and O–H groups in total. The summed E-state index contributed by atoms with van der Waals surface area (Å²) in [5.74, 6) is -0.484. The fraction of sp³-hybridized carbons (Fsp3) is 0.233. The highest BCUT2D eigenvalue weighted by Gasteiger charge is 2.22. The minimum Gasteiger partial charge on any atom is -0.478 e. The molecule has 0 unspecified atom stereocenters. The van der Waals surface area contributed by atoms with E-state index >= 15 is 0 Å². The molecule has 5 rings (SSSR count). The molecule has 0 atom stereocenters. The van der Waals surface area contributed by atoms with Gasteiger partial charge < -0.3 is 5.11 Å². The van der Waals surface area contributed by atoms with Crippen molar-refractivity contribution in [2.24, 2.45) is 0 Å². The minimum absolute atomic E-state index is 0.0482. The maximum atomic E-state index is 13.8. The number of nitrogens with zero attached hydrogens (tertiary/aromatic N) is 5. The zero-order valence-corrected chi connectivity index (χ0v) is 22.1. The van der Waals surface area contributed by atoms with Crippen molar-refractivity contribution < 1.29 is 9.90 Å². The number of aromatic amines is 1. The number of hydrogen-bond donors (Lipinski definition) is 2. The van der Waals surface area contributed by atoms with Crippen molar-refractivity contribution in [1.29, 1.82) is 0 Å². The monoisotopic (exact) mass is 522 g/mol. The number of carbonyl (C=O) groups is 1. The number of imidazole rings is 1. The second-order valence-electron chi connectivity index (χ2n) is 9.79. The molecule has 2 aromatic heterocycles. The van der Waals surface area contributed by atoms with Crippen molar-refractivity contribution >= 4 is 5.97 Å². The standard InChI is InChI=1S/C30H30N6O3/c1-4-8-22-18-36(27-23(19(2)3)11-7-12-26(27)29(37)38)30(39)35(22)17-20-13-15-21(16-14-20)24-9-5-6-10-25(24)28-31-33-34-32-28/h5-7,9-16,18-19H,4,8,17H2,1-3H3,(H,37,38)(H,31,32,33,34). The second kappa shape index (κ2) is 10.9. The van der Waals surface area contributed by atoms with Crippen molar-refractivity contribution in [3.8, 4) is 28.2 Å². The van der Waals surface area contributed by atoms with E-state index in [1.807, 2.05) is 68.4 Å². The van der Waals surface area contributed by atoms with Gasteiger partial charge in [-0.15, -0.1) is 10.2 Å². The molecule has 0 radical (unpaired) electrons. The van der Waals surface area contributed by atoms with Crippen LogP contribution in [0.25, 0.3) is 28.2 Å². The normalized spacial score (nSPS) is 11.3. The average Bonchev–Trinajstić information content (AvgIpc) is 3.58. The highest BCUT2D eigenvalue weighted by atomic mass is 16.4. The molecule has 0 amide bonds. The fourth-order valence-corrected chi connectivity index (χ4v) is 4.96. The summed E-state index contributed by atoms with van der Waals surface area (Å²) < 4.78 is 3.26. The largest absolute Gasteiger partial charge is 0.478 e. The van der Waals surface area contributed by atoms with Gasteiger partial charge in [-0.3, -0.25) is 9.13 Å². The number of benzene rings is 3. The van der Waals surface area contributed by atoms with Crippen LogP contribution >= 0.6 is 0 Å². The van der Waals surface area contributed by atoms with Gasteiger partial charge in [0.25, 0.3) is 0 Å². The number of carboxylic acids is 1. The maximum Gasteiger partial charge on any atom is 0.337 e. The molecule has 0 fully saturated rings. The summed E-state index contributed by atoms with van der Waals surface area (Å²) in [5, 5.41) is 24.3. The fourth-order valence-electron chi connectivity index (χ4n) is 4.96. The Morgan fingerprint density at radius 1 is 1.00 bits per heavy atom. The number of aromatic carboxylic acids is 1. The van der Waals surface area contributed by atoms with Gasteiger partial charge in [-0.25, -0.2) is 9.59 Å². The van der Waals surface area contributed by atoms with E-state index in [9.17, 15) is 14.7 Å². The molecule has 198 valence electrons. The highest BCUT2D eigenvalue weighted by Crippen LogP contribution is 2.30. The predicted molar refractivity (Wildman–Crippen MR) is 149 cm³/mol. The van der Waals surface area contributed by atoms with Crippen LogP contribution in [0.5, 0.6) is 0 Å². The van der Waals surface area contributed by atoms with Gasteiger partial charge in [0.1, 0.15) is 0 Å². The lowest BCUT2D eigenvalue weighted by atomic mass is 9.97. The molecular weight excluding hydrogens is 492 g/mol. The number of hydrogen-bond acceptors (Lipinski definition) is 5. The Morgan fingerprint density at radius 2 is 1.74 bits per heavy atom. The summed E-state index contributed by atoms with van der Waals surface area (Å²) in [6.07, 6.45) is 3.35. The van der Waals surface area contributed by atoms with E-state index in [2.05, 4.69) is 27.5 Å². The third-order valence-electron chi connectivity index (χ3n) is 6.85. The summed E-state index contributed by atoms with van der Waals surface area (Å²) in [7, 11) is 0. The second-order valence-corrected chi connectivity index (χ2v) is 9.79. The minimum atomic E-state index is -1.05. The van der Waals surface area contributed by atoms with Gasteiger partial charge in [0.05, 0.1) is 17.8 Å². The van der Waals surface area contributed by atoms with E-state index < -0.39 is 5.97 Å². The number of H-pyrrole nitrogens is 1. The molecule has 5 aromatic rings. The van der Waals surface area contributed by atoms with Gasteiger partial charge in [0.15, 0.2) is 0 Å². The van der Waals surface area contributed by atoms with Crippen molar-refractivity contribution in [3.63, 3.8) is 0 Å². The topological polar surface area (TPSA) is 119 Å². The van der Waals surface area contributed by atoms with Crippen LogP contribution in [-0.2, 0) is 13.0 Å². The Bertz CT molecular complexity index is 1660. The predicted octanol–water partition coefficient (Wildman–Crippen LogP) is 5.31. The van der Waals surface area contributed by atoms with Crippen LogP contribution in [0.4, 0.5) is 0 Å². The SMILES string of the molecule is CCCc1cn(-c2c(C(=O)O)cccc2C(C)C)c(=O)n1Cc1ccc(-c2ccccc2-c2nn[nH]n2)cc1. The summed E-state index contributed by atoms with van der Waals surface area (Å²) >= 11 is 0. The van der Waals surface area contributed by atoms with Crippen LogP contribution in [-0.4, -0.2) is 40.8 Å². The van der Waals surface area contributed by atoms with Gasteiger partial charge in [-0.1, -0.05) is 87.9 Å². The van der Waals surface area contributed by atoms with E-state index in [0.717, 1.165) is 39.9 Å². The lowest BCUT2D eigenvalue weighted by molar-refractivity contribution is 0.0696. The van der Waals surface area contributed by atoms with Crippen LogP contribution < -0.4 is 5.69 Å². The van der Waals surface area contributed by atoms with Crippen LogP contribution in [0.3, 0.4) is 0 Å². The molecule has 9 nitrogen and oxygen atoms in total. The Morgan fingerprint density at radius 3 is 2.38 bits per heavy atom. The van der Waals surface area contributed by atoms with Crippen LogP contribution in [0.15, 0.2) is 77.7 Å². The molecule has 0 bridgehead atoms. The first-order valence-electron chi connectivity index (χ1n) is 13.0. The first-order chi connectivity index (χ1) is 18.9. The van der Waals surface area contributed by atoms with Crippen molar-refractivity contribution in [1.82, 2.24) is 29.8 Å². The first-order valence-corrected chi connectivity index (χ1v) is 13.0. The number of nitrogens with one attached hydrogen (secondary N) is 1. The maximum absolute atomic E-state index is 13.8. The number of para-hydroxylation sites is 1. The van der Waals surface area contributed by atoms with Gasteiger partial charge >= 0.3 is 11.7 Å². The van der Waals surface area contributed by atoms with Crippen molar-refractivity contribution in [2.45, 2.75) is 46.1 Å². The number of carboxylic acid groups (broad SMARTS) is 1. The van der Waals surface area contributed by atoms with Gasteiger partial charge in [0.2, 0.25) is 5.82 Å². The average molecular weight is 523 g/mol. The third kappa shape index (κ3) is 5.03. The molecule has 0 saturated carbocycles. The Labute approximate surface area is 225 Å². The lowest BCUT2D eigenvalue weighted by Crippen LogP contribution is -2.26. The Balaban J connectivity index is 1.53. The number of aryl methyl sites for hydroxylation is 1. The lowest BCUT2D eigenvalue weighted by Gasteiger charge is -2.15. The zero-order chi connectivity index (χ0) is 27.5. The zero-order valence-electron chi connectivity index (χ0n) is 22.1. The van der Waals surface area contributed by atoms with Crippen molar-refractivity contribution in [3.05, 3.63) is 106 Å². The molecular formula is C30H30N6O3. The summed E-state index contributed by atoms with van der Waals surface area (Å²) in [6.45, 7) is 6.43. The summed E-state index contributed by atoms with van der Waals surface area (Å²) in [6, 6.07) is 21.1. The number of tetrazole rings is 1. The molecule has 9 heteroatoms. The Kier molecular flexibility index (Phi) is 7.23. The number of rotatable bonds is 9. The van der Waals surface area contributed by atoms with Gasteiger partial charge in [-0.05, 0) is 45.9 Å². The Hall–Kier alpha value is -4.79. The molecule has 3 aromatic carbocycles. The molecule has 0 aliphatic rings. The highest BCUT2D eigenvalue weighted by molar-refractivity contribution is 5.92.